The van der Waals surface area contributed by atoms with Crippen LogP contribution in [-0.2, 0) is 11.8 Å². The number of aromatic nitrogens is 2. The third-order valence-corrected chi connectivity index (χ3v) is 5.27. The Hall–Kier alpha value is -3.03. The molecule has 1 aromatic heterocycles. The fraction of sp³-hybridized carbons (Fsp3) is 0.522. The van der Waals surface area contributed by atoms with Gasteiger partial charge in [0.1, 0.15) is 17.5 Å². The number of anilines is 1. The van der Waals surface area contributed by atoms with Gasteiger partial charge in [-0.25, -0.2) is 14.6 Å². The van der Waals surface area contributed by atoms with Gasteiger partial charge in [-0.1, -0.05) is 32.0 Å². The molecule has 1 saturated heterocycles. The van der Waals surface area contributed by atoms with Crippen LogP contribution in [0.2, 0.25) is 0 Å². The Balaban J connectivity index is 1.83. The summed E-state index contributed by atoms with van der Waals surface area (Å²) in [5, 5.41) is 3.07. The van der Waals surface area contributed by atoms with E-state index in [-0.39, 0.29) is 24.1 Å². The molecule has 8 heteroatoms. The van der Waals surface area contributed by atoms with Crippen LogP contribution in [0.5, 0.6) is 0 Å². The van der Waals surface area contributed by atoms with Crippen molar-refractivity contribution in [3.63, 3.8) is 0 Å². The maximum Gasteiger partial charge on any atom is 0.410 e. The van der Waals surface area contributed by atoms with Crippen LogP contribution >= 0.6 is 0 Å². The van der Waals surface area contributed by atoms with E-state index in [1.54, 1.807) is 16.0 Å². The third-order valence-electron chi connectivity index (χ3n) is 5.27. The number of urea groups is 1. The van der Waals surface area contributed by atoms with Crippen LogP contribution in [0.25, 0.3) is 0 Å². The van der Waals surface area contributed by atoms with Gasteiger partial charge in [0.25, 0.3) is 0 Å². The molecule has 3 amide bonds. The molecule has 1 N–H and O–H groups in total. The number of piperazine rings is 1. The van der Waals surface area contributed by atoms with Crippen molar-refractivity contribution in [1.29, 1.82) is 0 Å². The van der Waals surface area contributed by atoms with Gasteiger partial charge in [-0.3, -0.25) is 0 Å². The Morgan fingerprint density at radius 1 is 1.19 bits per heavy atom. The Bertz CT molecular complexity index is 931. The van der Waals surface area contributed by atoms with E-state index in [0.717, 1.165) is 17.1 Å². The number of nitrogens with zero attached hydrogens (tertiary/aromatic N) is 4. The van der Waals surface area contributed by atoms with Gasteiger partial charge in [0.15, 0.2) is 0 Å². The van der Waals surface area contributed by atoms with Crippen molar-refractivity contribution in [1.82, 2.24) is 19.4 Å². The number of ether oxygens (including phenoxy) is 1. The first-order valence-corrected chi connectivity index (χ1v) is 10.7. The highest BCUT2D eigenvalue weighted by atomic mass is 16.6. The number of imidazole rings is 1. The van der Waals surface area contributed by atoms with E-state index in [0.29, 0.717) is 19.6 Å². The van der Waals surface area contributed by atoms with Gasteiger partial charge in [-0.05, 0) is 38.3 Å². The normalized spacial score (nSPS) is 17.1. The SMILES string of the molecule is CC(C)c1ccccc1NC(=O)N1CCN(C(=O)OC(C)(C)C)CC1c1nccn1C. The number of carbonyl (C=O) groups is 2. The summed E-state index contributed by atoms with van der Waals surface area (Å²) < 4.78 is 7.43. The van der Waals surface area contributed by atoms with E-state index in [1.807, 2.05) is 62.8 Å². The molecule has 8 nitrogen and oxygen atoms in total. The number of rotatable bonds is 3. The minimum absolute atomic E-state index is 0.204. The molecule has 2 aromatic rings. The van der Waals surface area contributed by atoms with Crippen molar-refractivity contribution in [3.05, 3.63) is 48.0 Å². The van der Waals surface area contributed by atoms with Gasteiger partial charge >= 0.3 is 12.1 Å². The molecule has 0 spiro atoms. The first-order valence-electron chi connectivity index (χ1n) is 10.7. The molecule has 0 radical (unpaired) electrons. The second-order valence-electron chi connectivity index (χ2n) is 9.20. The molecule has 0 bridgehead atoms. The largest absolute Gasteiger partial charge is 0.444 e. The molecule has 0 saturated carbocycles. The predicted molar refractivity (Wildman–Crippen MR) is 120 cm³/mol. The molecule has 3 rings (SSSR count). The molecular formula is C23H33N5O3. The molecule has 1 aromatic carbocycles. The second kappa shape index (κ2) is 8.99. The number of benzene rings is 1. The molecule has 1 atom stereocenters. The maximum atomic E-state index is 13.3. The van der Waals surface area contributed by atoms with Gasteiger partial charge in [-0.2, -0.15) is 0 Å². The standard InChI is InChI=1S/C23H33N5O3/c1-16(2)17-9-7-8-10-18(17)25-21(29)28-14-13-27(22(30)31-23(3,4)5)15-19(28)20-24-11-12-26(20)6/h7-12,16,19H,13-15H2,1-6H3,(H,25,29). The lowest BCUT2D eigenvalue weighted by atomic mass is 10.0. The number of nitrogens with one attached hydrogen (secondary N) is 1. The van der Waals surface area contributed by atoms with E-state index in [2.05, 4.69) is 24.1 Å². The smallest absolute Gasteiger partial charge is 0.410 e. The van der Waals surface area contributed by atoms with Gasteiger partial charge in [0, 0.05) is 38.2 Å². The highest BCUT2D eigenvalue weighted by Crippen LogP contribution is 2.28. The van der Waals surface area contributed by atoms with Crippen LogP contribution < -0.4 is 5.32 Å². The quantitative estimate of drug-likeness (QED) is 0.789. The lowest BCUT2D eigenvalue weighted by Gasteiger charge is -2.41. The third kappa shape index (κ3) is 5.37. The number of para-hydroxylation sites is 1. The minimum Gasteiger partial charge on any atom is -0.444 e. The van der Waals surface area contributed by atoms with Gasteiger partial charge in [0.05, 0.1) is 6.54 Å². The topological polar surface area (TPSA) is 79.7 Å². The van der Waals surface area contributed by atoms with Crippen molar-refractivity contribution in [2.24, 2.45) is 7.05 Å². The van der Waals surface area contributed by atoms with E-state index < -0.39 is 5.60 Å². The predicted octanol–water partition coefficient (Wildman–Crippen LogP) is 4.37. The average molecular weight is 428 g/mol. The van der Waals surface area contributed by atoms with Crippen LogP contribution in [0, 0.1) is 0 Å². The molecule has 1 fully saturated rings. The Morgan fingerprint density at radius 3 is 2.52 bits per heavy atom. The lowest BCUT2D eigenvalue weighted by Crippen LogP contribution is -2.54. The Labute approximate surface area is 184 Å². The summed E-state index contributed by atoms with van der Waals surface area (Å²) in [5.74, 6) is 1.01. The van der Waals surface area contributed by atoms with Gasteiger partial charge < -0.3 is 24.4 Å². The monoisotopic (exact) mass is 427 g/mol. The highest BCUT2D eigenvalue weighted by molar-refractivity contribution is 5.90. The lowest BCUT2D eigenvalue weighted by molar-refractivity contribution is 0.00862. The molecule has 1 aliphatic rings. The Morgan fingerprint density at radius 2 is 1.90 bits per heavy atom. The fourth-order valence-corrected chi connectivity index (χ4v) is 3.74. The first-order chi connectivity index (χ1) is 14.6. The van der Waals surface area contributed by atoms with Gasteiger partial charge in [0.2, 0.25) is 0 Å². The van der Waals surface area contributed by atoms with Crippen LogP contribution in [0.15, 0.2) is 36.7 Å². The molecule has 1 unspecified atom stereocenters. The van der Waals surface area contributed by atoms with E-state index in [1.165, 1.54) is 0 Å². The zero-order valence-electron chi connectivity index (χ0n) is 19.3. The summed E-state index contributed by atoms with van der Waals surface area (Å²) in [6.45, 7) is 10.8. The summed E-state index contributed by atoms with van der Waals surface area (Å²) in [7, 11) is 1.89. The summed E-state index contributed by atoms with van der Waals surface area (Å²) in [6, 6.07) is 7.24. The number of hydrogen-bond donors (Lipinski definition) is 1. The van der Waals surface area contributed by atoms with Gasteiger partial charge in [-0.15, -0.1) is 0 Å². The van der Waals surface area contributed by atoms with E-state index >= 15 is 0 Å². The summed E-state index contributed by atoms with van der Waals surface area (Å²) in [5.41, 5.74) is 1.30. The molecule has 31 heavy (non-hydrogen) atoms. The minimum atomic E-state index is -0.579. The number of hydrogen-bond acceptors (Lipinski definition) is 4. The van der Waals surface area contributed by atoms with Crippen LogP contribution in [0.4, 0.5) is 15.3 Å². The number of carbonyl (C=O) groups excluding carboxylic acids is 2. The molecule has 0 aliphatic carbocycles. The van der Waals surface area contributed by atoms with Crippen LogP contribution in [-0.4, -0.2) is 56.7 Å². The molecular weight excluding hydrogens is 394 g/mol. The Kier molecular flexibility index (Phi) is 6.57. The summed E-state index contributed by atoms with van der Waals surface area (Å²) >= 11 is 0. The number of amides is 3. The van der Waals surface area contributed by atoms with Crippen molar-refractivity contribution < 1.29 is 14.3 Å². The second-order valence-corrected chi connectivity index (χ2v) is 9.20. The zero-order valence-corrected chi connectivity index (χ0v) is 19.3. The van der Waals surface area contributed by atoms with Crippen LogP contribution in [0.3, 0.4) is 0 Å². The number of aryl methyl sites for hydroxylation is 1. The molecule has 2 heterocycles. The first kappa shape index (κ1) is 22.7. The molecule has 168 valence electrons. The zero-order chi connectivity index (χ0) is 22.8. The van der Waals surface area contributed by atoms with E-state index in [9.17, 15) is 9.59 Å². The van der Waals surface area contributed by atoms with Crippen LogP contribution in [0.1, 0.15) is 58.0 Å². The average Bonchev–Trinajstić information content (AvgIpc) is 3.12. The molecule has 1 aliphatic heterocycles. The van der Waals surface area contributed by atoms with Crippen molar-refractivity contribution in [2.75, 3.05) is 25.0 Å². The summed E-state index contributed by atoms with van der Waals surface area (Å²) in [4.78, 5) is 33.8. The van der Waals surface area contributed by atoms with Crippen molar-refractivity contribution >= 4 is 17.8 Å². The summed E-state index contributed by atoms with van der Waals surface area (Å²) in [6.07, 6.45) is 3.16. The van der Waals surface area contributed by atoms with E-state index in [4.69, 9.17) is 4.74 Å². The van der Waals surface area contributed by atoms with Crippen molar-refractivity contribution in [2.45, 2.75) is 52.2 Å². The fourth-order valence-electron chi connectivity index (χ4n) is 3.74. The van der Waals surface area contributed by atoms with Crippen molar-refractivity contribution in [3.8, 4) is 0 Å². The maximum absolute atomic E-state index is 13.3. The highest BCUT2D eigenvalue weighted by Gasteiger charge is 2.37.